The second kappa shape index (κ2) is 7.42. The summed E-state index contributed by atoms with van der Waals surface area (Å²) in [7, 11) is 0. The zero-order valence-electron chi connectivity index (χ0n) is 12.3. The van der Waals surface area contributed by atoms with Crippen LogP contribution < -0.4 is 5.73 Å². The smallest absolute Gasteiger partial charge is 0.0359 e. The molecule has 0 fully saturated rings. The molecule has 2 heteroatoms. The standard InChI is InChI=1S/C16H28N2/c1-13(2)8-7-11-18(14(3)4)12-15-9-5-6-10-16(15)17/h5-6,9-10,13-14H,7-8,11-12,17H2,1-4H3. The van der Waals surface area contributed by atoms with E-state index in [4.69, 9.17) is 5.73 Å². The Morgan fingerprint density at radius 1 is 1.11 bits per heavy atom. The summed E-state index contributed by atoms with van der Waals surface area (Å²) in [5.74, 6) is 0.792. The van der Waals surface area contributed by atoms with Crippen LogP contribution in [0.1, 0.15) is 46.1 Å². The van der Waals surface area contributed by atoms with E-state index in [2.05, 4.69) is 44.7 Å². The van der Waals surface area contributed by atoms with Crippen molar-refractivity contribution in [3.63, 3.8) is 0 Å². The van der Waals surface area contributed by atoms with Gasteiger partial charge in [-0.15, -0.1) is 0 Å². The van der Waals surface area contributed by atoms with Gasteiger partial charge in [-0.3, -0.25) is 4.90 Å². The maximum Gasteiger partial charge on any atom is 0.0359 e. The lowest BCUT2D eigenvalue weighted by Crippen LogP contribution is -2.31. The predicted molar refractivity (Wildman–Crippen MR) is 80.5 cm³/mol. The summed E-state index contributed by atoms with van der Waals surface area (Å²) in [5.41, 5.74) is 8.17. The number of rotatable bonds is 7. The first-order valence-corrected chi connectivity index (χ1v) is 7.08. The van der Waals surface area contributed by atoms with Crippen LogP contribution in [-0.2, 0) is 6.54 Å². The average molecular weight is 248 g/mol. The van der Waals surface area contributed by atoms with Gasteiger partial charge in [0.1, 0.15) is 0 Å². The molecule has 0 radical (unpaired) electrons. The molecule has 0 heterocycles. The maximum absolute atomic E-state index is 6.02. The van der Waals surface area contributed by atoms with E-state index in [9.17, 15) is 0 Å². The van der Waals surface area contributed by atoms with Crippen LogP contribution in [0.2, 0.25) is 0 Å². The molecule has 1 aromatic rings. The molecular weight excluding hydrogens is 220 g/mol. The van der Waals surface area contributed by atoms with Crippen LogP contribution in [0.15, 0.2) is 24.3 Å². The zero-order valence-corrected chi connectivity index (χ0v) is 12.3. The molecule has 0 saturated heterocycles. The number of anilines is 1. The van der Waals surface area contributed by atoms with E-state index in [1.165, 1.54) is 18.4 Å². The van der Waals surface area contributed by atoms with Crippen LogP contribution in [0.25, 0.3) is 0 Å². The fraction of sp³-hybridized carbons (Fsp3) is 0.625. The third kappa shape index (κ3) is 5.09. The third-order valence-electron chi connectivity index (χ3n) is 3.39. The van der Waals surface area contributed by atoms with Crippen molar-refractivity contribution >= 4 is 5.69 Å². The van der Waals surface area contributed by atoms with Gasteiger partial charge in [0.25, 0.3) is 0 Å². The summed E-state index contributed by atoms with van der Waals surface area (Å²) in [5, 5.41) is 0. The van der Waals surface area contributed by atoms with Crippen LogP contribution in [0.3, 0.4) is 0 Å². The first-order chi connectivity index (χ1) is 8.50. The summed E-state index contributed by atoms with van der Waals surface area (Å²) in [6, 6.07) is 8.75. The molecule has 0 saturated carbocycles. The Labute approximate surface area is 112 Å². The first-order valence-electron chi connectivity index (χ1n) is 7.08. The van der Waals surface area contributed by atoms with E-state index < -0.39 is 0 Å². The minimum Gasteiger partial charge on any atom is -0.398 e. The van der Waals surface area contributed by atoms with E-state index in [1.54, 1.807) is 0 Å². The number of hydrogen-bond acceptors (Lipinski definition) is 2. The summed E-state index contributed by atoms with van der Waals surface area (Å²) < 4.78 is 0. The normalized spacial score (nSPS) is 11.7. The Hall–Kier alpha value is -1.02. The number of nitrogens with two attached hydrogens (primary N) is 1. The van der Waals surface area contributed by atoms with Crippen molar-refractivity contribution in [3.8, 4) is 0 Å². The monoisotopic (exact) mass is 248 g/mol. The number of para-hydroxylation sites is 1. The summed E-state index contributed by atoms with van der Waals surface area (Å²) in [6.07, 6.45) is 2.57. The minimum atomic E-state index is 0.566. The first kappa shape index (κ1) is 15.0. The molecule has 0 aliphatic heterocycles. The van der Waals surface area contributed by atoms with Crippen LogP contribution in [-0.4, -0.2) is 17.5 Å². The van der Waals surface area contributed by atoms with Crippen molar-refractivity contribution in [1.29, 1.82) is 0 Å². The molecule has 0 aliphatic rings. The van der Waals surface area contributed by atoms with Gasteiger partial charge in [-0.25, -0.2) is 0 Å². The molecule has 18 heavy (non-hydrogen) atoms. The molecule has 2 nitrogen and oxygen atoms in total. The molecule has 0 amide bonds. The Kier molecular flexibility index (Phi) is 6.20. The van der Waals surface area contributed by atoms with Gasteiger partial charge in [-0.2, -0.15) is 0 Å². The number of nitrogens with zero attached hydrogens (tertiary/aromatic N) is 1. The maximum atomic E-state index is 6.02. The van der Waals surface area contributed by atoms with Gasteiger partial charge in [0, 0.05) is 18.3 Å². The minimum absolute atomic E-state index is 0.566. The van der Waals surface area contributed by atoms with Crippen LogP contribution in [0, 0.1) is 5.92 Å². The van der Waals surface area contributed by atoms with Gasteiger partial charge in [0.15, 0.2) is 0 Å². The highest BCUT2D eigenvalue weighted by Crippen LogP contribution is 2.16. The molecule has 1 rings (SSSR count). The lowest BCUT2D eigenvalue weighted by atomic mass is 10.1. The van der Waals surface area contributed by atoms with Gasteiger partial charge < -0.3 is 5.73 Å². The van der Waals surface area contributed by atoms with E-state index in [1.807, 2.05) is 12.1 Å². The molecule has 0 spiro atoms. The van der Waals surface area contributed by atoms with Gasteiger partial charge in [0.2, 0.25) is 0 Å². The molecule has 0 bridgehead atoms. The fourth-order valence-corrected chi connectivity index (χ4v) is 2.12. The Balaban J connectivity index is 2.55. The Morgan fingerprint density at radius 2 is 1.78 bits per heavy atom. The lowest BCUT2D eigenvalue weighted by Gasteiger charge is -2.27. The van der Waals surface area contributed by atoms with Crippen molar-refractivity contribution in [2.75, 3.05) is 12.3 Å². The topological polar surface area (TPSA) is 29.3 Å². The molecule has 0 unspecified atom stereocenters. The summed E-state index contributed by atoms with van der Waals surface area (Å²) in [6.45, 7) is 11.2. The third-order valence-corrected chi connectivity index (χ3v) is 3.39. The molecule has 0 atom stereocenters. The van der Waals surface area contributed by atoms with E-state index in [0.29, 0.717) is 6.04 Å². The van der Waals surface area contributed by atoms with Crippen molar-refractivity contribution in [2.45, 2.75) is 53.1 Å². The Bertz CT molecular complexity index is 345. The quantitative estimate of drug-likeness (QED) is 0.741. The predicted octanol–water partition coefficient (Wildman–Crippen LogP) is 3.92. The molecule has 2 N–H and O–H groups in total. The highest BCUT2D eigenvalue weighted by molar-refractivity contribution is 5.46. The molecule has 102 valence electrons. The summed E-state index contributed by atoms with van der Waals surface area (Å²) >= 11 is 0. The highest BCUT2D eigenvalue weighted by atomic mass is 15.1. The van der Waals surface area contributed by atoms with Gasteiger partial charge in [-0.1, -0.05) is 32.0 Å². The SMILES string of the molecule is CC(C)CCCN(Cc1ccccc1N)C(C)C. The summed E-state index contributed by atoms with van der Waals surface area (Å²) in [4.78, 5) is 2.51. The van der Waals surface area contributed by atoms with E-state index >= 15 is 0 Å². The second-order valence-corrected chi connectivity index (χ2v) is 5.80. The highest BCUT2D eigenvalue weighted by Gasteiger charge is 2.11. The molecule has 1 aromatic carbocycles. The second-order valence-electron chi connectivity index (χ2n) is 5.80. The number of nitrogen functional groups attached to an aromatic ring is 1. The van der Waals surface area contributed by atoms with E-state index in [-0.39, 0.29) is 0 Å². The lowest BCUT2D eigenvalue weighted by molar-refractivity contribution is 0.206. The average Bonchev–Trinajstić information content (AvgIpc) is 2.29. The largest absolute Gasteiger partial charge is 0.398 e. The molecule has 0 aliphatic carbocycles. The fourth-order valence-electron chi connectivity index (χ4n) is 2.12. The van der Waals surface area contributed by atoms with Crippen LogP contribution in [0.4, 0.5) is 5.69 Å². The molecule has 0 aromatic heterocycles. The van der Waals surface area contributed by atoms with Gasteiger partial charge in [0.05, 0.1) is 0 Å². The molecular formula is C16H28N2. The van der Waals surface area contributed by atoms with Gasteiger partial charge in [-0.05, 0) is 50.8 Å². The number of hydrogen-bond donors (Lipinski definition) is 1. The van der Waals surface area contributed by atoms with Crippen molar-refractivity contribution < 1.29 is 0 Å². The van der Waals surface area contributed by atoms with Crippen molar-refractivity contribution in [1.82, 2.24) is 4.90 Å². The van der Waals surface area contributed by atoms with Crippen molar-refractivity contribution in [3.05, 3.63) is 29.8 Å². The van der Waals surface area contributed by atoms with Crippen LogP contribution in [0.5, 0.6) is 0 Å². The van der Waals surface area contributed by atoms with Gasteiger partial charge >= 0.3 is 0 Å². The number of benzene rings is 1. The zero-order chi connectivity index (χ0) is 13.5. The Morgan fingerprint density at radius 3 is 2.33 bits per heavy atom. The van der Waals surface area contributed by atoms with Crippen molar-refractivity contribution in [2.24, 2.45) is 5.92 Å². The van der Waals surface area contributed by atoms with Crippen LogP contribution >= 0.6 is 0 Å². The van der Waals surface area contributed by atoms with E-state index in [0.717, 1.165) is 24.7 Å².